The van der Waals surface area contributed by atoms with Gasteiger partial charge in [-0.25, -0.2) is 0 Å². The van der Waals surface area contributed by atoms with Crippen LogP contribution in [0, 0.1) is 23.7 Å². The molecule has 0 radical (unpaired) electrons. The Balaban J connectivity index is 2.36. The summed E-state index contributed by atoms with van der Waals surface area (Å²) in [4.78, 5) is 22.6. The lowest BCUT2D eigenvalue weighted by Gasteiger charge is -2.21. The van der Waals surface area contributed by atoms with Gasteiger partial charge >= 0.3 is 0 Å². The molecule has 2 aliphatic carbocycles. The van der Waals surface area contributed by atoms with Gasteiger partial charge in [0.25, 0.3) is 0 Å². The molecule has 2 rings (SSSR count). The fraction of sp³-hybridized carbons (Fsp3) is 0.286. The van der Waals surface area contributed by atoms with Gasteiger partial charge < -0.3 is 0 Å². The Morgan fingerprint density at radius 3 is 2.69 bits per heavy atom. The van der Waals surface area contributed by atoms with Gasteiger partial charge in [0.15, 0.2) is 5.78 Å². The van der Waals surface area contributed by atoms with Crippen LogP contribution in [0.25, 0.3) is 0 Å². The monoisotopic (exact) mass is 212 g/mol. The van der Waals surface area contributed by atoms with Crippen LogP contribution in [0.4, 0.5) is 0 Å². The van der Waals surface area contributed by atoms with Gasteiger partial charge in [-0.3, -0.25) is 9.59 Å². The number of Topliss-reactive ketones (excluding diaryl/α,β-unsaturated/α-hetero) is 1. The number of hydrogen-bond donors (Lipinski definition) is 0. The lowest BCUT2D eigenvalue weighted by Crippen LogP contribution is -2.13. The molecule has 0 saturated heterocycles. The van der Waals surface area contributed by atoms with Crippen molar-refractivity contribution in [2.75, 3.05) is 0 Å². The molecule has 16 heavy (non-hydrogen) atoms. The first kappa shape index (κ1) is 10.6. The number of hydrogen-bond acceptors (Lipinski definition) is 2. The van der Waals surface area contributed by atoms with E-state index in [0.29, 0.717) is 5.57 Å². The summed E-state index contributed by atoms with van der Waals surface area (Å²) < 4.78 is 0. The predicted octanol–water partition coefficient (Wildman–Crippen LogP) is 1.84. The highest BCUT2D eigenvalue weighted by molar-refractivity contribution is 6.09. The van der Waals surface area contributed by atoms with Crippen LogP contribution in [0.15, 0.2) is 36.0 Å². The van der Waals surface area contributed by atoms with E-state index in [4.69, 9.17) is 6.42 Å². The molecule has 1 spiro atoms. The Kier molecular flexibility index (Phi) is 2.40. The average Bonchev–Trinajstić information content (AvgIpc) is 2.60. The van der Waals surface area contributed by atoms with Gasteiger partial charge in [-0.2, -0.15) is 0 Å². The topological polar surface area (TPSA) is 34.1 Å². The molecule has 2 heteroatoms. The Hall–Kier alpha value is -1.88. The summed E-state index contributed by atoms with van der Waals surface area (Å²) in [6, 6.07) is 0. The lowest BCUT2D eigenvalue weighted by molar-refractivity contribution is -0.111. The van der Waals surface area contributed by atoms with Gasteiger partial charge in [0.1, 0.15) is 0 Å². The van der Waals surface area contributed by atoms with Gasteiger partial charge in [0, 0.05) is 11.0 Å². The maximum absolute atomic E-state index is 11.5. The fourth-order valence-corrected chi connectivity index (χ4v) is 2.32. The highest BCUT2D eigenvalue weighted by Crippen LogP contribution is 2.43. The molecule has 2 aliphatic rings. The van der Waals surface area contributed by atoms with E-state index < -0.39 is 0 Å². The number of carbonyl (C=O) groups excluding carboxylic acids is 2. The van der Waals surface area contributed by atoms with Crippen LogP contribution in [-0.4, -0.2) is 11.6 Å². The van der Waals surface area contributed by atoms with Crippen LogP contribution in [-0.2, 0) is 9.59 Å². The zero-order valence-electron chi connectivity index (χ0n) is 9.07. The van der Waals surface area contributed by atoms with Gasteiger partial charge in [-0.05, 0) is 30.4 Å². The maximum atomic E-state index is 11.5. The molecule has 0 aliphatic heterocycles. The lowest BCUT2D eigenvalue weighted by atomic mass is 9.82. The van der Waals surface area contributed by atoms with Crippen molar-refractivity contribution in [1.82, 2.24) is 0 Å². The summed E-state index contributed by atoms with van der Waals surface area (Å²) in [5, 5.41) is 0. The molecule has 0 saturated carbocycles. The minimum atomic E-state index is -0.283. The molecule has 0 unspecified atom stereocenters. The van der Waals surface area contributed by atoms with Crippen LogP contribution in [0.1, 0.15) is 13.3 Å². The molecule has 0 aromatic heterocycles. The number of allylic oxidation sites excluding steroid dienone is 6. The minimum Gasteiger partial charge on any atom is -0.290 e. The highest BCUT2D eigenvalue weighted by atomic mass is 16.1. The first-order valence-corrected chi connectivity index (χ1v) is 5.22. The zero-order chi connectivity index (χ0) is 11.8. The second kappa shape index (κ2) is 3.61. The van der Waals surface area contributed by atoms with Crippen LogP contribution < -0.4 is 0 Å². The Morgan fingerprint density at radius 1 is 1.50 bits per heavy atom. The number of carbonyl (C=O) groups is 2. The van der Waals surface area contributed by atoms with Crippen molar-refractivity contribution < 1.29 is 9.59 Å². The smallest absolute Gasteiger partial charge is 0.231 e. The third kappa shape index (κ3) is 1.65. The van der Waals surface area contributed by atoms with Crippen molar-refractivity contribution in [2.45, 2.75) is 13.3 Å². The third-order valence-corrected chi connectivity index (χ3v) is 3.12. The van der Waals surface area contributed by atoms with E-state index in [2.05, 4.69) is 5.92 Å². The van der Waals surface area contributed by atoms with E-state index in [1.54, 1.807) is 12.2 Å². The Morgan fingerprint density at radius 2 is 2.12 bits per heavy atom. The summed E-state index contributed by atoms with van der Waals surface area (Å²) >= 11 is 0. The average molecular weight is 212 g/mol. The van der Waals surface area contributed by atoms with E-state index in [1.165, 1.54) is 0 Å². The number of ketones is 2. The first-order valence-electron chi connectivity index (χ1n) is 5.22. The third-order valence-electron chi connectivity index (χ3n) is 3.12. The molecular formula is C14H12O2. The Labute approximate surface area is 94.7 Å². The van der Waals surface area contributed by atoms with Crippen molar-refractivity contribution >= 4 is 11.6 Å². The SMILES string of the molecule is C#CC(=O)C1=CC2(C=CC(=O)C=C2)C[C@@H]1C. The van der Waals surface area contributed by atoms with Gasteiger partial charge in [0.05, 0.1) is 0 Å². The van der Waals surface area contributed by atoms with Gasteiger partial charge in [-0.1, -0.05) is 25.2 Å². The van der Waals surface area contributed by atoms with E-state index >= 15 is 0 Å². The molecule has 2 nitrogen and oxygen atoms in total. The number of rotatable bonds is 1. The summed E-state index contributed by atoms with van der Waals surface area (Å²) in [5.41, 5.74) is 0.404. The molecule has 0 aromatic rings. The second-order valence-corrected chi connectivity index (χ2v) is 4.36. The maximum Gasteiger partial charge on any atom is 0.231 e. The first-order chi connectivity index (χ1) is 7.56. The quantitative estimate of drug-likeness (QED) is 0.491. The molecule has 0 fully saturated rings. The summed E-state index contributed by atoms with van der Waals surface area (Å²) in [6.07, 6.45) is 14.6. The van der Waals surface area contributed by atoms with Crippen molar-refractivity contribution in [3.8, 4) is 12.3 Å². The van der Waals surface area contributed by atoms with Crippen molar-refractivity contribution in [1.29, 1.82) is 0 Å². The zero-order valence-corrected chi connectivity index (χ0v) is 9.07. The van der Waals surface area contributed by atoms with E-state index in [-0.39, 0.29) is 22.9 Å². The van der Waals surface area contributed by atoms with Gasteiger partial charge in [-0.15, -0.1) is 6.42 Å². The van der Waals surface area contributed by atoms with Crippen LogP contribution in [0.3, 0.4) is 0 Å². The number of terminal acetylenes is 1. The van der Waals surface area contributed by atoms with E-state index in [1.807, 2.05) is 25.2 Å². The van der Waals surface area contributed by atoms with Crippen molar-refractivity contribution in [3.05, 3.63) is 36.0 Å². The van der Waals surface area contributed by atoms with Crippen molar-refractivity contribution in [2.24, 2.45) is 11.3 Å². The minimum absolute atomic E-state index is 0.0107. The van der Waals surface area contributed by atoms with Crippen molar-refractivity contribution in [3.63, 3.8) is 0 Å². The standard InChI is InChI=1S/C14H12O2/c1-3-13(16)12-9-14(8-10(12)2)6-4-11(15)5-7-14/h1,4-7,9-10H,8H2,2H3/t10-/m0/s1. The molecule has 0 N–H and O–H groups in total. The molecule has 0 heterocycles. The summed E-state index contributed by atoms with van der Waals surface area (Å²) in [5.74, 6) is 2.03. The van der Waals surface area contributed by atoms with Crippen LogP contribution in [0.5, 0.6) is 0 Å². The second-order valence-electron chi connectivity index (χ2n) is 4.36. The summed E-state index contributed by atoms with van der Waals surface area (Å²) in [6.45, 7) is 1.98. The molecular weight excluding hydrogens is 200 g/mol. The fourth-order valence-electron chi connectivity index (χ4n) is 2.32. The molecule has 0 amide bonds. The molecule has 0 aromatic carbocycles. The van der Waals surface area contributed by atoms with E-state index in [9.17, 15) is 9.59 Å². The van der Waals surface area contributed by atoms with Gasteiger partial charge in [0.2, 0.25) is 5.78 Å². The Bertz CT molecular complexity index is 467. The molecule has 1 atom stereocenters. The van der Waals surface area contributed by atoms with Crippen LogP contribution in [0.2, 0.25) is 0 Å². The summed E-state index contributed by atoms with van der Waals surface area (Å²) in [7, 11) is 0. The normalized spacial score (nSPS) is 25.6. The molecule has 80 valence electrons. The largest absolute Gasteiger partial charge is 0.290 e. The predicted molar refractivity (Wildman–Crippen MR) is 61.4 cm³/mol. The van der Waals surface area contributed by atoms with Crippen LogP contribution >= 0.6 is 0 Å². The van der Waals surface area contributed by atoms with E-state index in [0.717, 1.165) is 6.42 Å². The molecule has 0 bridgehead atoms. The highest BCUT2D eigenvalue weighted by Gasteiger charge is 2.36.